The number of hydrogen-bond donors (Lipinski definition) is 0. The SMILES string of the molecule is Cc1nnc2n1-c1ccc(C#CCOc3cccc4cccnc34)cc1C(c1ccccc1F)=NC2. The lowest BCUT2D eigenvalue weighted by Crippen LogP contribution is -2.10. The Morgan fingerprint density at radius 2 is 1.86 bits per heavy atom. The molecule has 0 atom stereocenters. The molecule has 0 radical (unpaired) electrons. The van der Waals surface area contributed by atoms with Crippen molar-refractivity contribution in [2.75, 3.05) is 6.61 Å². The van der Waals surface area contributed by atoms with Crippen molar-refractivity contribution < 1.29 is 9.13 Å². The highest BCUT2D eigenvalue weighted by molar-refractivity contribution is 6.15. The number of halogens is 1. The van der Waals surface area contributed by atoms with Gasteiger partial charge in [0.2, 0.25) is 0 Å². The van der Waals surface area contributed by atoms with Gasteiger partial charge >= 0.3 is 0 Å². The van der Waals surface area contributed by atoms with Gasteiger partial charge in [0.15, 0.2) is 5.82 Å². The molecule has 0 aliphatic carbocycles. The van der Waals surface area contributed by atoms with Gasteiger partial charge in [-0.3, -0.25) is 14.5 Å². The quantitative estimate of drug-likeness (QED) is 0.344. The number of aromatic nitrogens is 4. The minimum absolute atomic E-state index is 0.204. The van der Waals surface area contributed by atoms with Crippen LogP contribution in [0, 0.1) is 24.6 Å². The number of ether oxygens (including phenoxy) is 1. The van der Waals surface area contributed by atoms with E-state index in [4.69, 9.17) is 9.73 Å². The van der Waals surface area contributed by atoms with Crippen LogP contribution in [0.15, 0.2) is 84.0 Å². The maximum absolute atomic E-state index is 14.8. The van der Waals surface area contributed by atoms with Gasteiger partial charge in [-0.25, -0.2) is 4.39 Å². The highest BCUT2D eigenvalue weighted by Gasteiger charge is 2.23. The van der Waals surface area contributed by atoms with Gasteiger partial charge in [-0.05, 0) is 49.4 Å². The van der Waals surface area contributed by atoms with Crippen LogP contribution in [0.3, 0.4) is 0 Å². The van der Waals surface area contributed by atoms with Crippen LogP contribution in [-0.2, 0) is 6.54 Å². The molecule has 1 aliphatic heterocycles. The van der Waals surface area contributed by atoms with Crippen molar-refractivity contribution in [1.82, 2.24) is 19.7 Å². The summed E-state index contributed by atoms with van der Waals surface area (Å²) in [7, 11) is 0. The fraction of sp³-hybridized carbons (Fsp3) is 0.103. The summed E-state index contributed by atoms with van der Waals surface area (Å²) < 4.78 is 22.7. The minimum Gasteiger partial charge on any atom is -0.479 e. The molecule has 0 unspecified atom stereocenters. The summed E-state index contributed by atoms with van der Waals surface area (Å²) in [5, 5.41) is 9.48. The Labute approximate surface area is 207 Å². The molecule has 3 heterocycles. The standard InChI is InChI=1S/C29H20FN5O/c1-19-33-34-27-18-32-29(22-10-2-3-11-24(22)30)23-17-20(13-14-25(23)35(19)27)7-6-16-36-26-12-4-8-21-9-5-15-31-28(21)26/h2-5,8-15,17H,16,18H2,1H3. The molecular weight excluding hydrogens is 453 g/mol. The van der Waals surface area contributed by atoms with Crippen LogP contribution in [0.25, 0.3) is 16.6 Å². The summed E-state index contributed by atoms with van der Waals surface area (Å²) in [4.78, 5) is 9.14. The normalized spacial score (nSPS) is 12.1. The fourth-order valence-corrected chi connectivity index (χ4v) is 4.38. The van der Waals surface area contributed by atoms with Crippen molar-refractivity contribution in [1.29, 1.82) is 0 Å². The number of aliphatic imine (C=N–C) groups is 1. The number of rotatable bonds is 3. The molecule has 0 spiro atoms. The Hall–Kier alpha value is -4.83. The summed E-state index contributed by atoms with van der Waals surface area (Å²) >= 11 is 0. The summed E-state index contributed by atoms with van der Waals surface area (Å²) in [6, 6.07) is 22.2. The molecule has 1 aliphatic rings. The van der Waals surface area contributed by atoms with Gasteiger partial charge in [-0.15, -0.1) is 10.2 Å². The van der Waals surface area contributed by atoms with Gasteiger partial charge in [0.05, 0.1) is 11.4 Å². The van der Waals surface area contributed by atoms with Crippen molar-refractivity contribution in [3.8, 4) is 23.3 Å². The molecule has 7 heteroatoms. The number of pyridine rings is 1. The average molecular weight is 474 g/mol. The summed E-state index contributed by atoms with van der Waals surface area (Å²) in [6.07, 6.45) is 1.74. The first-order valence-corrected chi connectivity index (χ1v) is 11.5. The maximum Gasteiger partial charge on any atom is 0.159 e. The molecule has 6 rings (SSSR count). The number of benzene rings is 3. The molecule has 3 aromatic carbocycles. The van der Waals surface area contributed by atoms with Gasteiger partial charge < -0.3 is 4.74 Å². The van der Waals surface area contributed by atoms with E-state index in [0.29, 0.717) is 29.4 Å². The largest absolute Gasteiger partial charge is 0.479 e. The Morgan fingerprint density at radius 3 is 2.78 bits per heavy atom. The molecule has 174 valence electrons. The molecule has 0 amide bonds. The van der Waals surface area contributed by atoms with Crippen molar-refractivity contribution in [3.05, 3.63) is 113 Å². The number of nitrogens with zero attached hydrogens (tertiary/aromatic N) is 5. The van der Waals surface area contributed by atoms with E-state index in [1.54, 1.807) is 24.4 Å². The molecular formula is C29H20FN5O. The lowest BCUT2D eigenvalue weighted by atomic mass is 9.98. The fourth-order valence-electron chi connectivity index (χ4n) is 4.38. The van der Waals surface area contributed by atoms with E-state index in [0.717, 1.165) is 33.5 Å². The second kappa shape index (κ2) is 9.08. The van der Waals surface area contributed by atoms with Crippen LogP contribution >= 0.6 is 0 Å². The first-order chi connectivity index (χ1) is 17.7. The number of hydrogen-bond acceptors (Lipinski definition) is 5. The Kier molecular flexibility index (Phi) is 5.47. The van der Waals surface area contributed by atoms with E-state index in [9.17, 15) is 4.39 Å². The van der Waals surface area contributed by atoms with Crippen molar-refractivity contribution in [2.45, 2.75) is 13.5 Å². The molecule has 36 heavy (non-hydrogen) atoms. The van der Waals surface area contributed by atoms with Gasteiger partial charge in [0.25, 0.3) is 0 Å². The second-order valence-corrected chi connectivity index (χ2v) is 8.30. The molecule has 0 saturated carbocycles. The topological polar surface area (TPSA) is 65.2 Å². The van der Waals surface area contributed by atoms with Crippen LogP contribution in [0.4, 0.5) is 4.39 Å². The van der Waals surface area contributed by atoms with Crippen molar-refractivity contribution >= 4 is 16.6 Å². The van der Waals surface area contributed by atoms with E-state index >= 15 is 0 Å². The third-order valence-electron chi connectivity index (χ3n) is 6.02. The van der Waals surface area contributed by atoms with E-state index < -0.39 is 0 Å². The molecule has 2 aromatic heterocycles. The first kappa shape index (κ1) is 21.7. The smallest absolute Gasteiger partial charge is 0.159 e. The molecule has 0 saturated heterocycles. The van der Waals surface area contributed by atoms with Crippen molar-refractivity contribution in [3.63, 3.8) is 0 Å². The number of fused-ring (bicyclic) bond motifs is 4. The van der Waals surface area contributed by atoms with Crippen LogP contribution in [0.5, 0.6) is 5.75 Å². The van der Waals surface area contributed by atoms with Crippen LogP contribution in [-0.4, -0.2) is 32.1 Å². The highest BCUT2D eigenvalue weighted by atomic mass is 19.1. The molecule has 5 aromatic rings. The number of para-hydroxylation sites is 1. The van der Waals surface area contributed by atoms with Crippen LogP contribution < -0.4 is 4.74 Å². The highest BCUT2D eigenvalue weighted by Crippen LogP contribution is 2.27. The first-order valence-electron chi connectivity index (χ1n) is 11.5. The number of aryl methyl sites for hydroxylation is 1. The molecule has 0 N–H and O–H groups in total. The van der Waals surface area contributed by atoms with Gasteiger partial charge in [0, 0.05) is 28.3 Å². The van der Waals surface area contributed by atoms with Gasteiger partial charge in [-0.1, -0.05) is 42.2 Å². The monoisotopic (exact) mass is 473 g/mol. The molecule has 0 bridgehead atoms. The van der Waals surface area contributed by atoms with Gasteiger partial charge in [-0.2, -0.15) is 0 Å². The van der Waals surface area contributed by atoms with E-state index in [1.165, 1.54) is 6.07 Å². The minimum atomic E-state index is -0.329. The summed E-state index contributed by atoms with van der Waals surface area (Å²) in [5.41, 5.74) is 4.19. The van der Waals surface area contributed by atoms with E-state index in [2.05, 4.69) is 27.0 Å². The average Bonchev–Trinajstić information content (AvgIpc) is 3.19. The van der Waals surface area contributed by atoms with E-state index in [-0.39, 0.29) is 12.4 Å². The molecule has 0 fully saturated rings. The lowest BCUT2D eigenvalue weighted by Gasteiger charge is -2.13. The predicted molar refractivity (Wildman–Crippen MR) is 136 cm³/mol. The van der Waals surface area contributed by atoms with Gasteiger partial charge in [0.1, 0.15) is 36.1 Å². The third kappa shape index (κ3) is 3.89. The zero-order valence-corrected chi connectivity index (χ0v) is 19.4. The lowest BCUT2D eigenvalue weighted by molar-refractivity contribution is 0.374. The van der Waals surface area contributed by atoms with Crippen LogP contribution in [0.1, 0.15) is 28.3 Å². The molecule has 6 nitrogen and oxygen atoms in total. The zero-order valence-electron chi connectivity index (χ0n) is 19.4. The predicted octanol–water partition coefficient (Wildman–Crippen LogP) is 5.04. The third-order valence-corrected chi connectivity index (χ3v) is 6.02. The Balaban J connectivity index is 1.35. The maximum atomic E-state index is 14.8. The summed E-state index contributed by atoms with van der Waals surface area (Å²) in [5.74, 6) is 8.06. The zero-order chi connectivity index (χ0) is 24.5. The van der Waals surface area contributed by atoms with Crippen molar-refractivity contribution in [2.24, 2.45) is 4.99 Å². The van der Waals surface area contributed by atoms with Crippen LogP contribution in [0.2, 0.25) is 0 Å². The van der Waals surface area contributed by atoms with E-state index in [1.807, 2.05) is 60.0 Å². The summed E-state index contributed by atoms with van der Waals surface area (Å²) in [6.45, 7) is 2.39. The Bertz CT molecular complexity index is 1700. The Morgan fingerprint density at radius 1 is 0.972 bits per heavy atom. The second-order valence-electron chi connectivity index (χ2n) is 8.30.